The number of aliphatic imine (C=N–C) groups is 1. The van der Waals surface area contributed by atoms with Gasteiger partial charge in [0.1, 0.15) is 5.82 Å². The van der Waals surface area contributed by atoms with Crippen LogP contribution in [0.5, 0.6) is 0 Å². The van der Waals surface area contributed by atoms with E-state index in [0.29, 0.717) is 12.3 Å². The Morgan fingerprint density at radius 1 is 1.29 bits per heavy atom. The standard InChI is InChI=1S/C20H33FN4O2.HI/c1-22-20(24-12-7-14-26-16-17-8-5-15-27-17)23-11-6-13-25(2)19-10-4-3-9-18(19)21;/h3-4,9-10,17H,5-8,11-16H2,1-2H3,(H2,22,23,24);1H. The number of para-hydroxylation sites is 1. The Kier molecular flexibility index (Phi) is 13.2. The number of anilines is 1. The van der Waals surface area contributed by atoms with Gasteiger partial charge in [0, 0.05) is 46.9 Å². The minimum Gasteiger partial charge on any atom is -0.379 e. The van der Waals surface area contributed by atoms with Crippen LogP contribution < -0.4 is 15.5 Å². The summed E-state index contributed by atoms with van der Waals surface area (Å²) in [6, 6.07) is 6.84. The van der Waals surface area contributed by atoms with Gasteiger partial charge >= 0.3 is 0 Å². The van der Waals surface area contributed by atoms with Crippen LogP contribution in [0.4, 0.5) is 10.1 Å². The highest BCUT2D eigenvalue weighted by atomic mass is 127. The van der Waals surface area contributed by atoms with Gasteiger partial charge in [0.15, 0.2) is 5.96 Å². The molecule has 1 aliphatic rings. The minimum atomic E-state index is -0.188. The predicted octanol–water partition coefficient (Wildman–Crippen LogP) is 3.02. The molecule has 8 heteroatoms. The smallest absolute Gasteiger partial charge is 0.190 e. The monoisotopic (exact) mass is 508 g/mol. The first-order valence-electron chi connectivity index (χ1n) is 9.80. The molecule has 0 spiro atoms. The normalized spacial score (nSPS) is 16.5. The number of nitrogens with zero attached hydrogens (tertiary/aromatic N) is 2. The fraction of sp³-hybridized carbons (Fsp3) is 0.650. The van der Waals surface area contributed by atoms with Gasteiger partial charge in [-0.15, -0.1) is 24.0 Å². The molecule has 1 saturated heterocycles. The van der Waals surface area contributed by atoms with Gasteiger partial charge < -0.3 is 25.0 Å². The van der Waals surface area contributed by atoms with E-state index in [4.69, 9.17) is 9.47 Å². The number of halogens is 2. The molecule has 1 fully saturated rings. The predicted molar refractivity (Wildman–Crippen MR) is 123 cm³/mol. The van der Waals surface area contributed by atoms with Crippen molar-refractivity contribution in [3.05, 3.63) is 30.1 Å². The number of ether oxygens (including phenoxy) is 2. The lowest BCUT2D eigenvalue weighted by atomic mass is 10.2. The maximum absolute atomic E-state index is 13.7. The van der Waals surface area contributed by atoms with Crippen molar-refractivity contribution in [3.63, 3.8) is 0 Å². The molecule has 0 amide bonds. The molecule has 0 bridgehead atoms. The second-order valence-corrected chi connectivity index (χ2v) is 6.72. The first-order valence-corrected chi connectivity index (χ1v) is 9.80. The molecule has 1 aromatic rings. The number of hydrogen-bond acceptors (Lipinski definition) is 4. The summed E-state index contributed by atoms with van der Waals surface area (Å²) in [5, 5.41) is 6.56. The first kappa shape index (κ1) is 24.9. The molecule has 2 rings (SSSR count). The summed E-state index contributed by atoms with van der Waals surface area (Å²) >= 11 is 0. The Bertz CT molecular complexity index is 571. The van der Waals surface area contributed by atoms with Crippen LogP contribution in [0.15, 0.2) is 29.3 Å². The van der Waals surface area contributed by atoms with Gasteiger partial charge in [0.25, 0.3) is 0 Å². The first-order chi connectivity index (χ1) is 13.2. The maximum atomic E-state index is 13.7. The zero-order valence-electron chi connectivity index (χ0n) is 17.0. The minimum absolute atomic E-state index is 0. The van der Waals surface area contributed by atoms with Gasteiger partial charge in [-0.2, -0.15) is 0 Å². The van der Waals surface area contributed by atoms with E-state index in [1.54, 1.807) is 19.2 Å². The molecule has 1 heterocycles. The third-order valence-corrected chi connectivity index (χ3v) is 4.54. The van der Waals surface area contributed by atoms with Gasteiger partial charge in [0.05, 0.1) is 18.4 Å². The molecule has 6 nitrogen and oxygen atoms in total. The van der Waals surface area contributed by atoms with Crippen LogP contribution in [0.1, 0.15) is 25.7 Å². The second-order valence-electron chi connectivity index (χ2n) is 6.72. The van der Waals surface area contributed by atoms with E-state index in [1.165, 1.54) is 6.07 Å². The molecule has 1 atom stereocenters. The molecule has 0 aliphatic carbocycles. The van der Waals surface area contributed by atoms with Gasteiger partial charge in [-0.05, 0) is 37.8 Å². The van der Waals surface area contributed by atoms with E-state index < -0.39 is 0 Å². The fourth-order valence-corrected chi connectivity index (χ4v) is 3.00. The number of guanidine groups is 1. The van der Waals surface area contributed by atoms with Crippen LogP contribution in [0.25, 0.3) is 0 Å². The summed E-state index contributed by atoms with van der Waals surface area (Å²) in [6.45, 7) is 4.63. The van der Waals surface area contributed by atoms with Crippen molar-refractivity contribution >= 4 is 35.6 Å². The summed E-state index contributed by atoms with van der Waals surface area (Å²) in [6.07, 6.45) is 4.35. The van der Waals surface area contributed by atoms with Gasteiger partial charge in [-0.3, -0.25) is 4.99 Å². The van der Waals surface area contributed by atoms with E-state index in [9.17, 15) is 4.39 Å². The fourth-order valence-electron chi connectivity index (χ4n) is 3.00. The highest BCUT2D eigenvalue weighted by Crippen LogP contribution is 2.16. The Morgan fingerprint density at radius 2 is 2.04 bits per heavy atom. The molecular weight excluding hydrogens is 474 g/mol. The number of rotatable bonds is 11. The highest BCUT2D eigenvalue weighted by Gasteiger charge is 2.14. The molecular formula is C20H34FIN4O2. The Hall–Kier alpha value is -1.13. The lowest BCUT2D eigenvalue weighted by Crippen LogP contribution is -2.39. The molecule has 1 unspecified atom stereocenters. The van der Waals surface area contributed by atoms with Crippen LogP contribution in [0, 0.1) is 5.82 Å². The third-order valence-electron chi connectivity index (χ3n) is 4.54. The van der Waals surface area contributed by atoms with E-state index in [1.807, 2.05) is 18.0 Å². The van der Waals surface area contributed by atoms with Crippen molar-refractivity contribution in [2.45, 2.75) is 31.8 Å². The maximum Gasteiger partial charge on any atom is 0.190 e. The summed E-state index contributed by atoms with van der Waals surface area (Å²) in [7, 11) is 3.66. The van der Waals surface area contributed by atoms with Crippen molar-refractivity contribution in [1.29, 1.82) is 0 Å². The molecule has 0 saturated carbocycles. The van der Waals surface area contributed by atoms with Crippen LogP contribution in [-0.2, 0) is 9.47 Å². The molecule has 160 valence electrons. The molecule has 1 aromatic carbocycles. The van der Waals surface area contributed by atoms with Crippen molar-refractivity contribution in [2.24, 2.45) is 4.99 Å². The molecule has 2 N–H and O–H groups in total. The zero-order chi connectivity index (χ0) is 19.3. The largest absolute Gasteiger partial charge is 0.379 e. The molecule has 0 radical (unpaired) electrons. The molecule has 1 aliphatic heterocycles. The van der Waals surface area contributed by atoms with E-state index in [-0.39, 0.29) is 35.9 Å². The van der Waals surface area contributed by atoms with Gasteiger partial charge in [-0.1, -0.05) is 12.1 Å². The highest BCUT2D eigenvalue weighted by molar-refractivity contribution is 14.0. The number of hydrogen-bond donors (Lipinski definition) is 2. The van der Waals surface area contributed by atoms with Crippen molar-refractivity contribution in [2.75, 3.05) is 58.5 Å². The lowest BCUT2D eigenvalue weighted by Gasteiger charge is -2.20. The van der Waals surface area contributed by atoms with Crippen LogP contribution in [0.3, 0.4) is 0 Å². The number of benzene rings is 1. The topological polar surface area (TPSA) is 58.1 Å². The Labute approximate surface area is 185 Å². The van der Waals surface area contributed by atoms with E-state index >= 15 is 0 Å². The Balaban J connectivity index is 0.00000392. The summed E-state index contributed by atoms with van der Waals surface area (Å²) in [5.41, 5.74) is 0.628. The van der Waals surface area contributed by atoms with E-state index in [0.717, 1.165) is 64.5 Å². The third kappa shape index (κ3) is 9.38. The van der Waals surface area contributed by atoms with Crippen LogP contribution in [0.2, 0.25) is 0 Å². The van der Waals surface area contributed by atoms with Crippen LogP contribution >= 0.6 is 24.0 Å². The quantitative estimate of drug-likeness (QED) is 0.208. The second kappa shape index (κ2) is 14.8. The molecule has 28 heavy (non-hydrogen) atoms. The van der Waals surface area contributed by atoms with Gasteiger partial charge in [0.2, 0.25) is 0 Å². The average molecular weight is 508 g/mol. The van der Waals surface area contributed by atoms with Crippen molar-refractivity contribution in [1.82, 2.24) is 10.6 Å². The summed E-state index contributed by atoms with van der Waals surface area (Å²) in [4.78, 5) is 6.15. The molecule has 0 aromatic heterocycles. The van der Waals surface area contributed by atoms with Crippen LogP contribution in [-0.4, -0.2) is 65.6 Å². The average Bonchev–Trinajstić information content (AvgIpc) is 3.19. The van der Waals surface area contributed by atoms with E-state index in [2.05, 4.69) is 15.6 Å². The lowest BCUT2D eigenvalue weighted by molar-refractivity contribution is 0.0168. The Morgan fingerprint density at radius 3 is 2.71 bits per heavy atom. The summed E-state index contributed by atoms with van der Waals surface area (Å²) in [5.74, 6) is 0.592. The number of nitrogens with one attached hydrogen (secondary N) is 2. The summed E-state index contributed by atoms with van der Waals surface area (Å²) < 4.78 is 24.9. The van der Waals surface area contributed by atoms with Crippen molar-refractivity contribution < 1.29 is 13.9 Å². The zero-order valence-corrected chi connectivity index (χ0v) is 19.3. The van der Waals surface area contributed by atoms with Gasteiger partial charge in [-0.25, -0.2) is 4.39 Å². The van der Waals surface area contributed by atoms with Crippen molar-refractivity contribution in [3.8, 4) is 0 Å². The SMILES string of the molecule is CN=C(NCCCOCC1CCCO1)NCCCN(C)c1ccccc1F.I.